The van der Waals surface area contributed by atoms with E-state index in [2.05, 4.69) is 10.3 Å². The smallest absolute Gasteiger partial charge is 0.203 e. The molecule has 3 rings (SSSR count). The van der Waals surface area contributed by atoms with Crippen LogP contribution in [0, 0.1) is 0 Å². The van der Waals surface area contributed by atoms with Crippen molar-refractivity contribution in [2.75, 3.05) is 39.8 Å². The maximum atomic E-state index is 5.62. The number of nitrogens with zero attached hydrogens (tertiary/aromatic N) is 1. The van der Waals surface area contributed by atoms with E-state index in [1.807, 2.05) is 17.5 Å². The van der Waals surface area contributed by atoms with E-state index in [1.165, 1.54) is 0 Å². The Balaban J connectivity index is 1.78. The molecule has 2 heterocycles. The Morgan fingerprint density at radius 1 is 1.21 bits per heavy atom. The van der Waals surface area contributed by atoms with Crippen molar-refractivity contribution in [2.24, 2.45) is 0 Å². The summed E-state index contributed by atoms with van der Waals surface area (Å²) in [6.07, 6.45) is 2.54. The lowest BCUT2D eigenvalue weighted by atomic mass is 10.1. The number of anilines is 1. The Bertz CT molecular complexity index is 658. The third-order valence-corrected chi connectivity index (χ3v) is 4.77. The first-order chi connectivity index (χ1) is 11.7. The van der Waals surface area contributed by atoms with E-state index >= 15 is 0 Å². The molecule has 0 bridgehead atoms. The van der Waals surface area contributed by atoms with Crippen LogP contribution in [0.4, 0.5) is 5.13 Å². The molecule has 1 atom stereocenters. The lowest BCUT2D eigenvalue weighted by Gasteiger charge is -2.13. The maximum Gasteiger partial charge on any atom is 0.203 e. The normalized spacial score (nSPS) is 16.9. The van der Waals surface area contributed by atoms with Gasteiger partial charge < -0.3 is 24.3 Å². The van der Waals surface area contributed by atoms with Gasteiger partial charge in [0.2, 0.25) is 5.75 Å². The fraction of sp³-hybridized carbons (Fsp3) is 0.471. The lowest BCUT2D eigenvalue weighted by Crippen LogP contribution is -2.18. The third kappa shape index (κ3) is 3.57. The minimum absolute atomic E-state index is 0.290. The van der Waals surface area contributed by atoms with E-state index in [1.54, 1.807) is 32.7 Å². The zero-order valence-electron chi connectivity index (χ0n) is 14.1. The van der Waals surface area contributed by atoms with Crippen molar-refractivity contribution in [1.29, 1.82) is 0 Å². The van der Waals surface area contributed by atoms with E-state index in [0.29, 0.717) is 23.4 Å². The van der Waals surface area contributed by atoms with Crippen molar-refractivity contribution in [3.05, 3.63) is 17.5 Å². The molecule has 1 saturated heterocycles. The first kappa shape index (κ1) is 16.9. The number of hydrogen-bond acceptors (Lipinski definition) is 7. The predicted molar refractivity (Wildman–Crippen MR) is 94.7 cm³/mol. The van der Waals surface area contributed by atoms with E-state index < -0.39 is 0 Å². The zero-order valence-corrected chi connectivity index (χ0v) is 14.9. The molecular formula is C17H22N2O4S. The second-order valence-electron chi connectivity index (χ2n) is 5.47. The first-order valence-corrected chi connectivity index (χ1v) is 8.74. The Morgan fingerprint density at radius 3 is 2.54 bits per heavy atom. The van der Waals surface area contributed by atoms with Crippen LogP contribution in [0.5, 0.6) is 17.2 Å². The Kier molecular flexibility index (Phi) is 5.42. The van der Waals surface area contributed by atoms with Crippen molar-refractivity contribution in [1.82, 2.24) is 4.98 Å². The average molecular weight is 350 g/mol. The predicted octanol–water partition coefficient (Wildman–Crippen LogP) is 3.43. The Hall–Kier alpha value is -1.99. The molecule has 0 aliphatic carbocycles. The summed E-state index contributed by atoms with van der Waals surface area (Å²) in [6.45, 7) is 1.66. The molecule has 0 spiro atoms. The standard InChI is InChI=1S/C17H22N2O4S/c1-20-14-7-11(8-15(21-2)16(14)22-3)13-10-24-17(19-13)18-9-12-5-4-6-23-12/h7-8,10,12H,4-6,9H2,1-3H3,(H,18,19)/t12-/m1/s1. The van der Waals surface area contributed by atoms with E-state index in [0.717, 1.165) is 42.4 Å². The molecule has 1 aliphatic rings. The van der Waals surface area contributed by atoms with Crippen LogP contribution in [0.2, 0.25) is 0 Å². The summed E-state index contributed by atoms with van der Waals surface area (Å²) in [6, 6.07) is 3.81. The Morgan fingerprint density at radius 2 is 1.96 bits per heavy atom. The van der Waals surface area contributed by atoms with Gasteiger partial charge in [-0.2, -0.15) is 0 Å². The topological polar surface area (TPSA) is 61.8 Å². The molecule has 24 heavy (non-hydrogen) atoms. The zero-order chi connectivity index (χ0) is 16.9. The largest absolute Gasteiger partial charge is 0.493 e. The second-order valence-corrected chi connectivity index (χ2v) is 6.33. The first-order valence-electron chi connectivity index (χ1n) is 7.86. The summed E-state index contributed by atoms with van der Waals surface area (Å²) in [4.78, 5) is 4.65. The van der Waals surface area contributed by atoms with Gasteiger partial charge in [0.05, 0.1) is 33.1 Å². The average Bonchev–Trinajstić information content (AvgIpc) is 3.30. The number of methoxy groups -OCH3 is 3. The minimum Gasteiger partial charge on any atom is -0.493 e. The van der Waals surface area contributed by atoms with Crippen molar-refractivity contribution < 1.29 is 18.9 Å². The van der Waals surface area contributed by atoms with Gasteiger partial charge in [0.25, 0.3) is 0 Å². The number of nitrogens with one attached hydrogen (secondary N) is 1. The van der Waals surface area contributed by atoms with Gasteiger partial charge in [0.1, 0.15) is 0 Å². The highest BCUT2D eigenvalue weighted by atomic mass is 32.1. The van der Waals surface area contributed by atoms with E-state index in [-0.39, 0.29) is 0 Å². The molecule has 1 fully saturated rings. The van der Waals surface area contributed by atoms with Crippen LogP contribution in [0.15, 0.2) is 17.5 Å². The van der Waals surface area contributed by atoms with Crippen molar-refractivity contribution in [2.45, 2.75) is 18.9 Å². The lowest BCUT2D eigenvalue weighted by molar-refractivity contribution is 0.120. The van der Waals surface area contributed by atoms with Crippen LogP contribution in [0.1, 0.15) is 12.8 Å². The molecule has 7 heteroatoms. The number of thiazole rings is 1. The molecule has 1 aromatic heterocycles. The summed E-state index contributed by atoms with van der Waals surface area (Å²) in [5.74, 6) is 1.82. The van der Waals surface area contributed by atoms with Gasteiger partial charge in [-0.15, -0.1) is 11.3 Å². The van der Waals surface area contributed by atoms with Crippen molar-refractivity contribution in [3.8, 4) is 28.5 Å². The molecule has 130 valence electrons. The molecule has 0 unspecified atom stereocenters. The maximum absolute atomic E-state index is 5.62. The van der Waals surface area contributed by atoms with Crippen LogP contribution >= 0.6 is 11.3 Å². The number of aromatic nitrogens is 1. The highest BCUT2D eigenvalue weighted by Crippen LogP contribution is 2.41. The van der Waals surface area contributed by atoms with Gasteiger partial charge in [-0.25, -0.2) is 4.98 Å². The van der Waals surface area contributed by atoms with Gasteiger partial charge in [-0.1, -0.05) is 0 Å². The van der Waals surface area contributed by atoms with Crippen LogP contribution in [0.25, 0.3) is 11.3 Å². The molecule has 6 nitrogen and oxygen atoms in total. The van der Waals surface area contributed by atoms with Gasteiger partial charge in [-0.05, 0) is 25.0 Å². The summed E-state index contributed by atoms with van der Waals surface area (Å²) in [5, 5.41) is 6.25. The van der Waals surface area contributed by atoms with Crippen LogP contribution in [-0.2, 0) is 4.74 Å². The van der Waals surface area contributed by atoms with E-state index in [4.69, 9.17) is 18.9 Å². The van der Waals surface area contributed by atoms with Crippen LogP contribution < -0.4 is 19.5 Å². The van der Waals surface area contributed by atoms with Crippen molar-refractivity contribution >= 4 is 16.5 Å². The SMILES string of the molecule is COc1cc(-c2csc(NC[C@H]3CCCO3)n2)cc(OC)c1OC. The monoisotopic (exact) mass is 350 g/mol. The van der Waals surface area contributed by atoms with Gasteiger partial charge in [0.15, 0.2) is 16.6 Å². The number of benzene rings is 1. The molecule has 0 radical (unpaired) electrons. The van der Waals surface area contributed by atoms with Crippen LogP contribution in [-0.4, -0.2) is 45.6 Å². The highest BCUT2D eigenvalue weighted by Gasteiger charge is 2.17. The molecule has 2 aromatic rings. The third-order valence-electron chi connectivity index (χ3n) is 3.97. The van der Waals surface area contributed by atoms with Crippen molar-refractivity contribution in [3.63, 3.8) is 0 Å². The minimum atomic E-state index is 0.290. The Labute approximate surface area is 145 Å². The molecule has 1 N–H and O–H groups in total. The molecule has 0 saturated carbocycles. The molecular weight excluding hydrogens is 328 g/mol. The van der Waals surface area contributed by atoms with Gasteiger partial charge >= 0.3 is 0 Å². The quantitative estimate of drug-likeness (QED) is 0.825. The molecule has 1 aliphatic heterocycles. The summed E-state index contributed by atoms with van der Waals surface area (Å²) in [7, 11) is 4.81. The fourth-order valence-corrected chi connectivity index (χ4v) is 3.45. The van der Waals surface area contributed by atoms with E-state index in [9.17, 15) is 0 Å². The summed E-state index contributed by atoms with van der Waals surface area (Å²) in [5.41, 5.74) is 1.79. The highest BCUT2D eigenvalue weighted by molar-refractivity contribution is 7.14. The summed E-state index contributed by atoms with van der Waals surface area (Å²) >= 11 is 1.57. The second kappa shape index (κ2) is 7.72. The van der Waals surface area contributed by atoms with Crippen LogP contribution in [0.3, 0.4) is 0 Å². The van der Waals surface area contributed by atoms with Gasteiger partial charge in [0, 0.05) is 24.1 Å². The summed E-state index contributed by atoms with van der Waals surface area (Å²) < 4.78 is 21.8. The van der Waals surface area contributed by atoms with Gasteiger partial charge in [-0.3, -0.25) is 0 Å². The fourth-order valence-electron chi connectivity index (χ4n) is 2.72. The number of ether oxygens (including phenoxy) is 4. The number of hydrogen-bond donors (Lipinski definition) is 1. The molecule has 1 aromatic carbocycles. The number of rotatable bonds is 7. The molecule has 0 amide bonds.